The zero-order valence-electron chi connectivity index (χ0n) is 18.5. The van der Waals surface area contributed by atoms with Crippen LogP contribution in [0.4, 0.5) is 0 Å². The highest BCUT2D eigenvalue weighted by molar-refractivity contribution is 7.91. The molecule has 0 aliphatic heterocycles. The van der Waals surface area contributed by atoms with Crippen molar-refractivity contribution in [2.75, 3.05) is 27.2 Å². The van der Waals surface area contributed by atoms with Gasteiger partial charge in [0.15, 0.2) is 0 Å². The first-order chi connectivity index (χ1) is 15.8. The third kappa shape index (κ3) is 6.57. The number of ether oxygens (including phenoxy) is 2. The Morgan fingerprint density at radius 3 is 2.27 bits per heavy atom. The number of hydrogen-bond acceptors (Lipinski definition) is 6. The van der Waals surface area contributed by atoms with Crippen molar-refractivity contribution in [1.29, 1.82) is 0 Å². The third-order valence-corrected chi connectivity index (χ3v) is 6.88. The van der Waals surface area contributed by atoms with Crippen LogP contribution in [0.5, 0.6) is 11.5 Å². The Hall–Kier alpha value is -3.36. The fourth-order valence-corrected chi connectivity index (χ4v) is 4.67. The van der Waals surface area contributed by atoms with Gasteiger partial charge in [0.2, 0.25) is 9.84 Å². The molecule has 0 amide bonds. The summed E-state index contributed by atoms with van der Waals surface area (Å²) >= 11 is 0. The minimum Gasteiger partial charge on any atom is -0.497 e. The van der Waals surface area contributed by atoms with E-state index in [4.69, 9.17) is 14.6 Å². The second kappa shape index (κ2) is 11.0. The summed E-state index contributed by atoms with van der Waals surface area (Å²) in [6.45, 7) is 0.465. The van der Waals surface area contributed by atoms with E-state index in [0.29, 0.717) is 24.5 Å². The van der Waals surface area contributed by atoms with Gasteiger partial charge in [0, 0.05) is 13.0 Å². The quantitative estimate of drug-likeness (QED) is 0.453. The lowest BCUT2D eigenvalue weighted by molar-refractivity contribution is -0.138. The first-order valence-corrected chi connectivity index (χ1v) is 11.9. The van der Waals surface area contributed by atoms with E-state index in [1.807, 2.05) is 30.3 Å². The average Bonchev–Trinajstić information content (AvgIpc) is 2.82. The van der Waals surface area contributed by atoms with Crippen LogP contribution in [0, 0.1) is 0 Å². The average molecular weight is 470 g/mol. The topological polar surface area (TPSA) is 93.1 Å². The molecule has 0 spiro atoms. The van der Waals surface area contributed by atoms with Gasteiger partial charge in [-0.2, -0.15) is 0 Å². The molecule has 0 saturated carbocycles. The largest absolute Gasteiger partial charge is 0.497 e. The summed E-state index contributed by atoms with van der Waals surface area (Å²) in [4.78, 5) is 13.0. The van der Waals surface area contributed by atoms with E-state index in [2.05, 4.69) is 0 Å². The van der Waals surface area contributed by atoms with Gasteiger partial charge >= 0.3 is 5.97 Å². The van der Waals surface area contributed by atoms with Crippen molar-refractivity contribution in [2.45, 2.75) is 22.3 Å². The van der Waals surface area contributed by atoms with Crippen molar-refractivity contribution in [3.8, 4) is 11.5 Å². The molecule has 1 unspecified atom stereocenters. The Morgan fingerprint density at radius 1 is 0.939 bits per heavy atom. The van der Waals surface area contributed by atoms with E-state index >= 15 is 0 Å². The van der Waals surface area contributed by atoms with Crippen LogP contribution in [0.2, 0.25) is 0 Å². The number of carbonyl (C=O) groups is 1. The molecule has 3 rings (SSSR count). The predicted molar refractivity (Wildman–Crippen MR) is 124 cm³/mol. The fraction of sp³-hybridized carbons (Fsp3) is 0.240. The monoisotopic (exact) mass is 469 g/mol. The summed E-state index contributed by atoms with van der Waals surface area (Å²) in [5.41, 5.74) is 0.953. The van der Waals surface area contributed by atoms with Crippen molar-refractivity contribution < 1.29 is 27.8 Å². The molecule has 0 aliphatic rings. The molecule has 0 fully saturated rings. The number of benzene rings is 3. The second-order valence-electron chi connectivity index (χ2n) is 7.59. The maximum Gasteiger partial charge on any atom is 0.317 e. The van der Waals surface area contributed by atoms with Gasteiger partial charge in [-0.1, -0.05) is 36.4 Å². The highest BCUT2D eigenvalue weighted by Gasteiger charge is 2.20. The zero-order chi connectivity index (χ0) is 23.8. The van der Waals surface area contributed by atoms with E-state index in [9.17, 15) is 13.2 Å². The molecule has 0 aliphatic carbocycles. The van der Waals surface area contributed by atoms with Gasteiger partial charge < -0.3 is 14.6 Å². The van der Waals surface area contributed by atoms with Gasteiger partial charge in [0.1, 0.15) is 17.6 Å². The molecule has 0 heterocycles. The predicted octanol–water partition coefficient (Wildman–Crippen LogP) is 4.05. The minimum absolute atomic E-state index is 0.0572. The van der Waals surface area contributed by atoms with Crippen LogP contribution in [0.15, 0.2) is 88.7 Å². The molecule has 3 aromatic carbocycles. The number of sulfone groups is 1. The molecule has 0 radical (unpaired) electrons. The standard InChI is InChI=1S/C25H27NO6S/c1-26(18-25(27)28)16-15-24(19-7-4-3-5-8-19)32-20-11-13-22(14-12-20)33(29,30)23-10-6-9-21(17-23)31-2/h3-14,17,24H,15-16,18H2,1-2H3,(H,27,28). The number of carboxylic acids is 1. The number of nitrogens with zero attached hydrogens (tertiary/aromatic N) is 1. The molecule has 174 valence electrons. The van der Waals surface area contributed by atoms with Crippen LogP contribution in [0.3, 0.4) is 0 Å². The number of carboxylic acid groups (broad SMARTS) is 1. The van der Waals surface area contributed by atoms with E-state index in [-0.39, 0.29) is 22.4 Å². The van der Waals surface area contributed by atoms with E-state index < -0.39 is 15.8 Å². The lowest BCUT2D eigenvalue weighted by atomic mass is 10.1. The highest BCUT2D eigenvalue weighted by atomic mass is 32.2. The molecule has 3 aromatic rings. The lowest BCUT2D eigenvalue weighted by Crippen LogP contribution is -2.28. The molecule has 7 nitrogen and oxygen atoms in total. The molecule has 0 saturated heterocycles. The van der Waals surface area contributed by atoms with Gasteiger partial charge in [-0.05, 0) is 55.1 Å². The van der Waals surface area contributed by atoms with Gasteiger partial charge in [-0.3, -0.25) is 9.69 Å². The van der Waals surface area contributed by atoms with Gasteiger partial charge in [-0.25, -0.2) is 8.42 Å². The van der Waals surface area contributed by atoms with Crippen molar-refractivity contribution in [3.63, 3.8) is 0 Å². The summed E-state index contributed by atoms with van der Waals surface area (Å²) in [5.74, 6) is 0.103. The Morgan fingerprint density at radius 2 is 1.64 bits per heavy atom. The van der Waals surface area contributed by atoms with Crippen LogP contribution >= 0.6 is 0 Å². The highest BCUT2D eigenvalue weighted by Crippen LogP contribution is 2.29. The summed E-state index contributed by atoms with van der Waals surface area (Å²) < 4.78 is 37.3. The summed E-state index contributed by atoms with van der Waals surface area (Å²) in [6, 6.07) is 22.3. The number of methoxy groups -OCH3 is 1. The molecule has 33 heavy (non-hydrogen) atoms. The SMILES string of the molecule is COc1cccc(S(=O)(=O)c2ccc(OC(CCN(C)CC(=O)O)c3ccccc3)cc2)c1. The Labute approximate surface area is 194 Å². The molecule has 0 aromatic heterocycles. The number of rotatable bonds is 11. The van der Waals surface area contributed by atoms with Gasteiger partial charge in [0.05, 0.1) is 23.4 Å². The zero-order valence-corrected chi connectivity index (χ0v) is 19.4. The second-order valence-corrected chi connectivity index (χ2v) is 9.54. The third-order valence-electron chi connectivity index (χ3n) is 5.11. The van der Waals surface area contributed by atoms with E-state index in [1.165, 1.54) is 31.4 Å². The van der Waals surface area contributed by atoms with E-state index in [1.54, 1.807) is 36.2 Å². The van der Waals surface area contributed by atoms with Crippen LogP contribution in [-0.4, -0.2) is 51.6 Å². The van der Waals surface area contributed by atoms with Gasteiger partial charge in [-0.15, -0.1) is 0 Å². The van der Waals surface area contributed by atoms with Gasteiger partial charge in [0.25, 0.3) is 0 Å². The number of likely N-dealkylation sites (N-methyl/N-ethyl adjacent to an activating group) is 1. The molecule has 1 N–H and O–H groups in total. The van der Waals surface area contributed by atoms with Crippen molar-refractivity contribution in [3.05, 3.63) is 84.4 Å². The molecule has 1 atom stereocenters. The molecular formula is C25H27NO6S. The van der Waals surface area contributed by atoms with Crippen molar-refractivity contribution >= 4 is 15.8 Å². The Kier molecular flexibility index (Phi) is 8.08. The molecule has 0 bridgehead atoms. The van der Waals surface area contributed by atoms with Crippen LogP contribution in [-0.2, 0) is 14.6 Å². The first kappa shape index (κ1) is 24.3. The van der Waals surface area contributed by atoms with Crippen molar-refractivity contribution in [2.24, 2.45) is 0 Å². The molecule has 8 heteroatoms. The summed E-state index contributed by atoms with van der Waals surface area (Å²) in [5, 5.41) is 8.98. The van der Waals surface area contributed by atoms with E-state index in [0.717, 1.165) is 5.56 Å². The Bertz CT molecular complexity index is 1160. The summed E-state index contributed by atoms with van der Waals surface area (Å²) in [6.07, 6.45) is 0.251. The maximum atomic E-state index is 13.0. The normalized spacial score (nSPS) is 12.3. The minimum atomic E-state index is -3.70. The van der Waals surface area contributed by atoms with Crippen molar-refractivity contribution in [1.82, 2.24) is 4.90 Å². The maximum absolute atomic E-state index is 13.0. The van der Waals surface area contributed by atoms with Crippen LogP contribution in [0.25, 0.3) is 0 Å². The number of aliphatic carboxylic acids is 1. The fourth-order valence-electron chi connectivity index (χ4n) is 3.37. The van der Waals surface area contributed by atoms with Crippen LogP contribution < -0.4 is 9.47 Å². The summed E-state index contributed by atoms with van der Waals surface area (Å²) in [7, 11) is -0.469. The lowest BCUT2D eigenvalue weighted by Gasteiger charge is -2.22. The molecular weight excluding hydrogens is 442 g/mol. The smallest absolute Gasteiger partial charge is 0.317 e. The Balaban J connectivity index is 1.77. The van der Waals surface area contributed by atoms with Crippen LogP contribution in [0.1, 0.15) is 18.1 Å². The number of hydrogen-bond donors (Lipinski definition) is 1. The first-order valence-electron chi connectivity index (χ1n) is 10.4.